The fourth-order valence-electron chi connectivity index (χ4n) is 4.41. The highest BCUT2D eigenvalue weighted by Crippen LogP contribution is 2.28. The Labute approximate surface area is 193 Å². The Bertz CT molecular complexity index is 1210. The minimum Gasteiger partial charge on any atom is -0.872 e. The van der Waals surface area contributed by atoms with Crippen LogP contribution in [-0.2, 0) is 22.5 Å². The van der Waals surface area contributed by atoms with Gasteiger partial charge in [-0.25, -0.2) is 4.79 Å². The fourth-order valence-corrected chi connectivity index (χ4v) is 4.41. The second-order valence-electron chi connectivity index (χ2n) is 8.83. The molecule has 7 heteroatoms. The van der Waals surface area contributed by atoms with E-state index >= 15 is 0 Å². The zero-order chi connectivity index (χ0) is 23.5. The van der Waals surface area contributed by atoms with Crippen molar-refractivity contribution < 1.29 is 24.4 Å². The first-order valence-corrected chi connectivity index (χ1v) is 11.4. The van der Waals surface area contributed by atoms with Crippen molar-refractivity contribution in [1.29, 1.82) is 0 Å². The van der Waals surface area contributed by atoms with Gasteiger partial charge in [0.25, 0.3) is 0 Å². The molecule has 1 aliphatic heterocycles. The summed E-state index contributed by atoms with van der Waals surface area (Å²) in [6.07, 6.45) is 2.27. The largest absolute Gasteiger partial charge is 0.872 e. The Morgan fingerprint density at radius 2 is 1.85 bits per heavy atom. The fraction of sp³-hybridized carbons (Fsp3) is 0.385. The average molecular weight is 451 g/mol. The number of piperidine rings is 1. The van der Waals surface area contributed by atoms with Gasteiger partial charge in [0.1, 0.15) is 17.8 Å². The number of anilines is 1. The molecule has 0 atom stereocenters. The van der Waals surface area contributed by atoms with E-state index in [9.17, 15) is 14.7 Å². The normalized spacial score (nSPS) is 14.6. The molecule has 0 unspecified atom stereocenters. The molecule has 4 rings (SSSR count). The van der Waals surface area contributed by atoms with Crippen molar-refractivity contribution in [3.63, 3.8) is 0 Å². The lowest BCUT2D eigenvalue weighted by molar-refractivity contribution is -0.589. The quantitative estimate of drug-likeness (QED) is 0.352. The predicted octanol–water partition coefficient (Wildman–Crippen LogP) is 2.52. The number of rotatable bonds is 6. The number of carbonyl (C=O) groups is 1. The molecule has 2 heterocycles. The van der Waals surface area contributed by atoms with Crippen molar-refractivity contribution in [2.45, 2.75) is 39.7 Å². The molecule has 1 fully saturated rings. The number of aryl methyl sites for hydroxylation is 1. The molecule has 174 valence electrons. The summed E-state index contributed by atoms with van der Waals surface area (Å²) in [7, 11) is 1.28. The van der Waals surface area contributed by atoms with Gasteiger partial charge in [0.15, 0.2) is 0 Å². The Hall–Kier alpha value is -3.32. The third-order valence-electron chi connectivity index (χ3n) is 6.65. The van der Waals surface area contributed by atoms with Crippen LogP contribution >= 0.6 is 0 Å². The van der Waals surface area contributed by atoms with Crippen LogP contribution < -0.4 is 20.9 Å². The lowest BCUT2D eigenvalue weighted by Gasteiger charge is -2.32. The summed E-state index contributed by atoms with van der Waals surface area (Å²) in [6.45, 7) is 6.56. The Morgan fingerprint density at radius 3 is 2.52 bits per heavy atom. The number of hydrogen-bond donors (Lipinski definition) is 1. The number of quaternary nitrogens is 1. The molecule has 0 aliphatic carbocycles. The summed E-state index contributed by atoms with van der Waals surface area (Å²) in [5.74, 6) is 0.0958. The number of ether oxygens (including phenoxy) is 1. The number of esters is 1. The molecule has 1 aromatic heterocycles. The van der Waals surface area contributed by atoms with Crippen LogP contribution in [0.15, 0.2) is 45.6 Å². The monoisotopic (exact) mass is 450 g/mol. The predicted molar refractivity (Wildman–Crippen MR) is 125 cm³/mol. The standard InChI is InChI=1S/C26H30N2O5/c1-16-10-12-28(13-11-16)19-6-4-18(5-7-19)27-15-22-23(29)9-8-20-17(2)21(14-24(30)32-3)26(31)33-25(20)22/h4-9,16,27,29H,10-15H2,1-3H3. The number of methoxy groups -OCH3 is 1. The Balaban J connectivity index is 1.55. The topological polar surface area (TPSA) is 99.4 Å². The number of benzene rings is 2. The van der Waals surface area contributed by atoms with Crippen molar-refractivity contribution in [3.8, 4) is 5.75 Å². The van der Waals surface area contributed by atoms with Gasteiger partial charge in [-0.1, -0.05) is 24.8 Å². The van der Waals surface area contributed by atoms with Gasteiger partial charge in [0.05, 0.1) is 19.1 Å². The maximum Gasteiger partial charge on any atom is 0.340 e. The molecule has 0 bridgehead atoms. The van der Waals surface area contributed by atoms with E-state index in [1.165, 1.54) is 31.7 Å². The number of hydrogen-bond acceptors (Lipinski definition) is 6. The zero-order valence-electron chi connectivity index (χ0n) is 19.3. The van der Waals surface area contributed by atoms with Crippen molar-refractivity contribution in [2.75, 3.05) is 25.1 Å². The SMILES string of the molecule is COC(=O)Cc1c(C)c2ccc([O-])c(C[NH2+]c3ccc(N4CCC(C)CC4)cc3)c2oc1=O. The van der Waals surface area contributed by atoms with Gasteiger partial charge in [-0.15, -0.1) is 0 Å². The van der Waals surface area contributed by atoms with E-state index in [0.29, 0.717) is 23.1 Å². The molecule has 0 spiro atoms. The molecule has 33 heavy (non-hydrogen) atoms. The average Bonchev–Trinajstić information content (AvgIpc) is 2.82. The van der Waals surface area contributed by atoms with Gasteiger partial charge < -0.3 is 24.5 Å². The van der Waals surface area contributed by atoms with Crippen LogP contribution in [0.5, 0.6) is 5.75 Å². The molecule has 0 radical (unpaired) electrons. The van der Waals surface area contributed by atoms with E-state index in [-0.39, 0.29) is 23.3 Å². The third kappa shape index (κ3) is 4.88. The van der Waals surface area contributed by atoms with Gasteiger partial charge in [-0.3, -0.25) is 4.79 Å². The lowest BCUT2D eigenvalue weighted by atomic mass is 9.99. The second-order valence-corrected chi connectivity index (χ2v) is 8.83. The van der Waals surface area contributed by atoms with Gasteiger partial charge >= 0.3 is 11.6 Å². The minimum absolute atomic E-state index is 0.163. The highest BCUT2D eigenvalue weighted by Gasteiger charge is 2.19. The molecule has 1 saturated heterocycles. The van der Waals surface area contributed by atoms with Crippen LogP contribution in [-0.4, -0.2) is 26.2 Å². The molecule has 7 nitrogen and oxygen atoms in total. The van der Waals surface area contributed by atoms with Gasteiger partial charge in [-0.05, 0) is 43.4 Å². The number of nitrogens with two attached hydrogens (primary N) is 1. The molecule has 2 aromatic carbocycles. The summed E-state index contributed by atoms with van der Waals surface area (Å²) in [4.78, 5) is 26.7. The van der Waals surface area contributed by atoms with E-state index < -0.39 is 11.6 Å². The summed E-state index contributed by atoms with van der Waals surface area (Å²) in [5.41, 5.74) is 3.21. The maximum atomic E-state index is 12.6. The Kier molecular flexibility index (Phi) is 6.70. The summed E-state index contributed by atoms with van der Waals surface area (Å²) in [5, 5.41) is 15.2. The van der Waals surface area contributed by atoms with Crippen LogP contribution in [0.1, 0.15) is 36.5 Å². The number of nitrogens with zero attached hydrogens (tertiary/aromatic N) is 1. The lowest BCUT2D eigenvalue weighted by Crippen LogP contribution is -2.76. The maximum absolute atomic E-state index is 12.6. The number of fused-ring (bicyclic) bond motifs is 1. The molecular formula is C26H30N2O5. The first-order valence-electron chi connectivity index (χ1n) is 11.4. The summed E-state index contributed by atoms with van der Waals surface area (Å²) in [6, 6.07) is 11.5. The van der Waals surface area contributed by atoms with Crippen molar-refractivity contribution in [1.82, 2.24) is 0 Å². The summed E-state index contributed by atoms with van der Waals surface area (Å²) < 4.78 is 10.2. The summed E-state index contributed by atoms with van der Waals surface area (Å²) >= 11 is 0. The first kappa shape index (κ1) is 22.9. The first-order chi connectivity index (χ1) is 15.9. The highest BCUT2D eigenvalue weighted by atomic mass is 16.5. The van der Waals surface area contributed by atoms with Gasteiger partial charge in [-0.2, -0.15) is 0 Å². The highest BCUT2D eigenvalue weighted by molar-refractivity contribution is 5.86. The molecule has 1 aliphatic rings. The smallest absolute Gasteiger partial charge is 0.340 e. The van der Waals surface area contributed by atoms with E-state index in [2.05, 4.69) is 40.8 Å². The van der Waals surface area contributed by atoms with E-state index in [0.717, 1.165) is 24.7 Å². The second kappa shape index (κ2) is 9.67. The molecule has 3 aromatic rings. The minimum atomic E-state index is -0.613. The van der Waals surface area contributed by atoms with Crippen LogP contribution in [0.4, 0.5) is 11.4 Å². The van der Waals surface area contributed by atoms with Crippen LogP contribution in [0.3, 0.4) is 0 Å². The number of carbonyl (C=O) groups excluding carboxylic acids is 1. The van der Waals surface area contributed by atoms with Gasteiger partial charge in [0, 0.05) is 41.9 Å². The molecular weight excluding hydrogens is 420 g/mol. The zero-order valence-corrected chi connectivity index (χ0v) is 19.3. The molecule has 0 amide bonds. The van der Waals surface area contributed by atoms with E-state index in [4.69, 9.17) is 4.42 Å². The van der Waals surface area contributed by atoms with Crippen LogP contribution in [0, 0.1) is 12.8 Å². The van der Waals surface area contributed by atoms with E-state index in [1.54, 1.807) is 13.0 Å². The van der Waals surface area contributed by atoms with Crippen molar-refractivity contribution >= 4 is 28.3 Å². The van der Waals surface area contributed by atoms with Gasteiger partial charge in [0.2, 0.25) is 0 Å². The third-order valence-corrected chi connectivity index (χ3v) is 6.65. The molecule has 2 N–H and O–H groups in total. The van der Waals surface area contributed by atoms with Crippen LogP contribution in [0.2, 0.25) is 0 Å². The van der Waals surface area contributed by atoms with Crippen LogP contribution in [0.25, 0.3) is 11.0 Å². The van der Waals surface area contributed by atoms with Crippen molar-refractivity contribution in [3.05, 3.63) is 63.5 Å². The van der Waals surface area contributed by atoms with E-state index in [1.807, 2.05) is 5.32 Å². The Morgan fingerprint density at radius 1 is 1.15 bits per heavy atom. The van der Waals surface area contributed by atoms with Crippen molar-refractivity contribution in [2.24, 2.45) is 5.92 Å². The molecule has 0 saturated carbocycles.